The summed E-state index contributed by atoms with van der Waals surface area (Å²) in [6.45, 7) is 3.51. The van der Waals surface area contributed by atoms with Crippen LogP contribution in [0.4, 0.5) is 0 Å². The van der Waals surface area contributed by atoms with E-state index >= 15 is 0 Å². The average molecular weight is 255 g/mol. The van der Waals surface area contributed by atoms with E-state index in [0.29, 0.717) is 10.7 Å². The van der Waals surface area contributed by atoms with Crippen LogP contribution in [0.15, 0.2) is 18.9 Å². The quantitative estimate of drug-likeness (QED) is 0.878. The molecule has 1 amide bonds. The second-order valence-electron chi connectivity index (χ2n) is 3.56. The Labute approximate surface area is 102 Å². The number of rotatable bonds is 3. The van der Waals surface area contributed by atoms with Gasteiger partial charge in [0.25, 0.3) is 5.91 Å². The molecular weight excluding hydrogens is 244 g/mol. The Balaban J connectivity index is 2.09. The van der Waals surface area contributed by atoms with Crippen LogP contribution in [0.2, 0.25) is 5.02 Å². The highest BCUT2D eigenvalue weighted by Gasteiger charge is 2.17. The minimum absolute atomic E-state index is 0.232. The third-order valence-corrected chi connectivity index (χ3v) is 2.66. The van der Waals surface area contributed by atoms with Crippen LogP contribution in [-0.4, -0.2) is 30.6 Å². The van der Waals surface area contributed by atoms with Crippen molar-refractivity contribution in [3.8, 4) is 0 Å². The monoisotopic (exact) mass is 254 g/mol. The largest absolute Gasteiger partial charge is 0.271 e. The summed E-state index contributed by atoms with van der Waals surface area (Å²) in [5.74, 6) is -0.232. The third kappa shape index (κ3) is 2.44. The molecule has 0 aromatic carbocycles. The molecule has 0 saturated carbocycles. The van der Waals surface area contributed by atoms with Crippen LogP contribution in [0.25, 0.3) is 0 Å². The first kappa shape index (κ1) is 11.6. The van der Waals surface area contributed by atoms with Crippen molar-refractivity contribution in [3.63, 3.8) is 0 Å². The van der Waals surface area contributed by atoms with Crippen LogP contribution < -0.4 is 5.43 Å². The molecule has 2 aromatic rings. The number of carbonyl (C=O) groups is 1. The van der Waals surface area contributed by atoms with Gasteiger partial charge in [-0.1, -0.05) is 11.6 Å². The summed E-state index contributed by atoms with van der Waals surface area (Å²) in [6, 6.07) is -0.469. The summed E-state index contributed by atoms with van der Waals surface area (Å²) in [5, 5.41) is 11.8. The number of aryl methyl sites for hydroxylation is 1. The number of carbonyl (C=O) groups excluding carboxylic acids is 1. The molecule has 8 heteroatoms. The van der Waals surface area contributed by atoms with Gasteiger partial charge in [0.2, 0.25) is 0 Å². The van der Waals surface area contributed by atoms with E-state index in [4.69, 9.17) is 11.6 Å². The van der Waals surface area contributed by atoms with Gasteiger partial charge in [0.1, 0.15) is 18.7 Å². The van der Waals surface area contributed by atoms with E-state index in [1.165, 1.54) is 22.0 Å². The molecule has 2 heterocycles. The fourth-order valence-corrected chi connectivity index (χ4v) is 1.39. The molecule has 0 spiro atoms. The molecule has 1 unspecified atom stereocenters. The lowest BCUT2D eigenvalue weighted by molar-refractivity contribution is -0.120. The first-order chi connectivity index (χ1) is 8.08. The van der Waals surface area contributed by atoms with Gasteiger partial charge in [-0.3, -0.25) is 14.9 Å². The molecule has 17 heavy (non-hydrogen) atoms. The SMILES string of the molecule is Cc1nn(C(C)C(=O)Nn2cnnc2)cc1Cl. The predicted molar refractivity (Wildman–Crippen MR) is 61.1 cm³/mol. The molecule has 0 bridgehead atoms. The standard InChI is InChI=1S/C9H11ClN6O/c1-6-8(10)3-16(13-6)7(2)9(17)14-15-4-11-12-5-15/h3-5,7H,1-2H3,(H,14,17). The number of halogens is 1. The van der Waals surface area contributed by atoms with Crippen LogP contribution in [0, 0.1) is 6.92 Å². The maximum Gasteiger partial charge on any atom is 0.263 e. The Hall–Kier alpha value is -1.89. The minimum atomic E-state index is -0.469. The Kier molecular flexibility index (Phi) is 3.10. The van der Waals surface area contributed by atoms with E-state index in [-0.39, 0.29) is 5.91 Å². The van der Waals surface area contributed by atoms with Gasteiger partial charge in [-0.05, 0) is 13.8 Å². The zero-order valence-corrected chi connectivity index (χ0v) is 10.1. The molecule has 0 aliphatic rings. The summed E-state index contributed by atoms with van der Waals surface area (Å²) in [4.78, 5) is 11.8. The van der Waals surface area contributed by atoms with E-state index < -0.39 is 6.04 Å². The molecule has 0 aliphatic carbocycles. The Morgan fingerprint density at radius 2 is 2.12 bits per heavy atom. The highest BCUT2D eigenvalue weighted by molar-refractivity contribution is 6.31. The van der Waals surface area contributed by atoms with E-state index in [1.807, 2.05) is 0 Å². The highest BCUT2D eigenvalue weighted by atomic mass is 35.5. The van der Waals surface area contributed by atoms with Crippen LogP contribution in [-0.2, 0) is 4.79 Å². The molecule has 7 nitrogen and oxygen atoms in total. The molecule has 1 atom stereocenters. The molecule has 2 rings (SSSR count). The fourth-order valence-electron chi connectivity index (χ4n) is 1.26. The fraction of sp³-hybridized carbons (Fsp3) is 0.333. The van der Waals surface area contributed by atoms with Gasteiger partial charge in [-0.15, -0.1) is 10.2 Å². The Bertz CT molecular complexity index is 500. The van der Waals surface area contributed by atoms with Crippen molar-refractivity contribution < 1.29 is 4.79 Å². The van der Waals surface area contributed by atoms with Gasteiger partial charge in [-0.2, -0.15) is 5.10 Å². The van der Waals surface area contributed by atoms with Gasteiger partial charge < -0.3 is 0 Å². The van der Waals surface area contributed by atoms with Crippen LogP contribution in [0.1, 0.15) is 18.7 Å². The topological polar surface area (TPSA) is 77.6 Å². The first-order valence-electron chi connectivity index (χ1n) is 4.94. The smallest absolute Gasteiger partial charge is 0.263 e. The summed E-state index contributed by atoms with van der Waals surface area (Å²) in [6.07, 6.45) is 4.41. The lowest BCUT2D eigenvalue weighted by Gasteiger charge is -2.12. The lowest BCUT2D eigenvalue weighted by Crippen LogP contribution is -2.29. The van der Waals surface area contributed by atoms with Crippen molar-refractivity contribution in [2.45, 2.75) is 19.9 Å². The van der Waals surface area contributed by atoms with Crippen molar-refractivity contribution in [2.75, 3.05) is 5.43 Å². The number of nitrogens with one attached hydrogen (secondary N) is 1. The number of amides is 1. The normalized spacial score (nSPS) is 12.4. The molecular formula is C9H11ClN6O. The third-order valence-electron chi connectivity index (χ3n) is 2.29. The summed E-state index contributed by atoms with van der Waals surface area (Å²) >= 11 is 5.88. The van der Waals surface area contributed by atoms with Crippen LogP contribution in [0.3, 0.4) is 0 Å². The van der Waals surface area contributed by atoms with Gasteiger partial charge >= 0.3 is 0 Å². The van der Waals surface area contributed by atoms with Gasteiger partial charge in [0, 0.05) is 6.20 Å². The Morgan fingerprint density at radius 1 is 1.47 bits per heavy atom. The van der Waals surface area contributed by atoms with E-state index in [9.17, 15) is 4.79 Å². The van der Waals surface area contributed by atoms with Gasteiger partial charge in [0.15, 0.2) is 0 Å². The van der Waals surface area contributed by atoms with Gasteiger partial charge in [-0.25, -0.2) is 4.68 Å². The van der Waals surface area contributed by atoms with E-state index in [1.54, 1.807) is 20.0 Å². The molecule has 0 aliphatic heterocycles. The van der Waals surface area contributed by atoms with Crippen molar-refractivity contribution in [1.29, 1.82) is 0 Å². The molecule has 1 N–H and O–H groups in total. The lowest BCUT2D eigenvalue weighted by atomic mass is 10.3. The number of aromatic nitrogens is 5. The van der Waals surface area contributed by atoms with Crippen molar-refractivity contribution in [1.82, 2.24) is 24.7 Å². The highest BCUT2D eigenvalue weighted by Crippen LogP contribution is 2.15. The van der Waals surface area contributed by atoms with Gasteiger partial charge in [0.05, 0.1) is 10.7 Å². The van der Waals surface area contributed by atoms with Crippen LogP contribution in [0.5, 0.6) is 0 Å². The number of hydrogen-bond acceptors (Lipinski definition) is 4. The maximum atomic E-state index is 11.8. The van der Waals surface area contributed by atoms with Crippen molar-refractivity contribution in [2.24, 2.45) is 0 Å². The van der Waals surface area contributed by atoms with E-state index in [2.05, 4.69) is 20.7 Å². The Morgan fingerprint density at radius 3 is 2.65 bits per heavy atom. The molecule has 0 fully saturated rings. The van der Waals surface area contributed by atoms with Crippen molar-refractivity contribution in [3.05, 3.63) is 29.6 Å². The molecule has 0 saturated heterocycles. The molecule has 90 valence electrons. The summed E-state index contributed by atoms with van der Waals surface area (Å²) in [5.41, 5.74) is 3.29. The molecule has 0 radical (unpaired) electrons. The second kappa shape index (κ2) is 4.54. The first-order valence-corrected chi connectivity index (χ1v) is 5.32. The summed E-state index contributed by atoms with van der Waals surface area (Å²) in [7, 11) is 0. The van der Waals surface area contributed by atoms with Crippen LogP contribution >= 0.6 is 11.6 Å². The number of hydrogen-bond donors (Lipinski definition) is 1. The maximum absolute atomic E-state index is 11.8. The molecule has 2 aromatic heterocycles. The number of nitrogens with zero attached hydrogens (tertiary/aromatic N) is 5. The predicted octanol–water partition coefficient (Wildman–Crippen LogP) is 0.768. The van der Waals surface area contributed by atoms with Crippen molar-refractivity contribution >= 4 is 17.5 Å². The van der Waals surface area contributed by atoms with E-state index in [0.717, 1.165) is 0 Å². The zero-order valence-electron chi connectivity index (χ0n) is 9.33. The average Bonchev–Trinajstić information content (AvgIpc) is 2.89. The summed E-state index contributed by atoms with van der Waals surface area (Å²) < 4.78 is 2.88. The zero-order chi connectivity index (χ0) is 12.4. The minimum Gasteiger partial charge on any atom is -0.271 e. The second-order valence-corrected chi connectivity index (χ2v) is 3.97.